The molecule has 2 rings (SSSR count). The first-order valence-corrected chi connectivity index (χ1v) is 4.68. The molecule has 0 atom stereocenters. The number of hydrogen-bond donors (Lipinski definition) is 0. The molecule has 0 aliphatic heterocycles. The van der Waals surface area contributed by atoms with Gasteiger partial charge in [-0.05, 0) is 18.2 Å². The monoisotopic (exact) mass is 242 g/mol. The van der Waals surface area contributed by atoms with E-state index in [-0.39, 0.29) is 21.7 Å². The van der Waals surface area contributed by atoms with Crippen molar-refractivity contribution in [3.8, 4) is 5.82 Å². The zero-order chi connectivity index (χ0) is 10.8. The van der Waals surface area contributed by atoms with E-state index in [1.54, 1.807) is 0 Å². The van der Waals surface area contributed by atoms with Crippen LogP contribution >= 0.6 is 23.2 Å². The molecule has 15 heavy (non-hydrogen) atoms. The highest BCUT2D eigenvalue weighted by Gasteiger charge is 2.03. The SMILES string of the molecule is O=c1ccc(Cl)nn1-c1ccc(Cl)nn1. The van der Waals surface area contributed by atoms with E-state index in [1.165, 1.54) is 24.3 Å². The number of halogens is 2. The van der Waals surface area contributed by atoms with E-state index < -0.39 is 0 Å². The smallest absolute Gasteiger partial charge is 0.267 e. The summed E-state index contributed by atoms with van der Waals surface area (Å²) in [5, 5.41) is 11.6. The van der Waals surface area contributed by atoms with Crippen molar-refractivity contribution >= 4 is 23.2 Å². The van der Waals surface area contributed by atoms with Crippen LogP contribution in [0.3, 0.4) is 0 Å². The number of aromatic nitrogens is 4. The summed E-state index contributed by atoms with van der Waals surface area (Å²) in [6.07, 6.45) is 0. The fourth-order valence-corrected chi connectivity index (χ4v) is 1.21. The van der Waals surface area contributed by atoms with Gasteiger partial charge in [0.2, 0.25) is 0 Å². The Balaban J connectivity index is 2.58. The van der Waals surface area contributed by atoms with Crippen LogP contribution in [0.1, 0.15) is 0 Å². The highest BCUT2D eigenvalue weighted by atomic mass is 35.5. The topological polar surface area (TPSA) is 60.7 Å². The van der Waals surface area contributed by atoms with Crippen molar-refractivity contribution in [1.82, 2.24) is 20.0 Å². The van der Waals surface area contributed by atoms with Gasteiger partial charge in [0, 0.05) is 6.07 Å². The summed E-state index contributed by atoms with van der Waals surface area (Å²) in [6.45, 7) is 0. The van der Waals surface area contributed by atoms with Crippen molar-refractivity contribution in [3.63, 3.8) is 0 Å². The maximum absolute atomic E-state index is 11.4. The average molecular weight is 243 g/mol. The van der Waals surface area contributed by atoms with Crippen molar-refractivity contribution in [2.45, 2.75) is 0 Å². The molecular weight excluding hydrogens is 239 g/mol. The van der Waals surface area contributed by atoms with Gasteiger partial charge >= 0.3 is 0 Å². The zero-order valence-corrected chi connectivity index (χ0v) is 8.77. The molecule has 2 heterocycles. The number of rotatable bonds is 1. The standard InChI is InChI=1S/C8H4Cl2N4O/c9-5-1-3-7(12-11-5)14-8(15)4-2-6(10)13-14/h1-4H. The Morgan fingerprint density at radius 3 is 2.40 bits per heavy atom. The second-order valence-electron chi connectivity index (χ2n) is 2.62. The Labute approximate surface area is 94.3 Å². The second-order valence-corrected chi connectivity index (χ2v) is 3.39. The molecule has 7 heteroatoms. The molecule has 0 radical (unpaired) electrons. The van der Waals surface area contributed by atoms with Gasteiger partial charge in [0.1, 0.15) is 5.15 Å². The van der Waals surface area contributed by atoms with Crippen molar-refractivity contribution in [2.75, 3.05) is 0 Å². The van der Waals surface area contributed by atoms with Gasteiger partial charge in [-0.25, -0.2) is 0 Å². The van der Waals surface area contributed by atoms with Crippen LogP contribution in [0, 0.1) is 0 Å². The molecule has 2 aromatic rings. The minimum atomic E-state index is -0.337. The Bertz CT molecular complexity index is 537. The maximum atomic E-state index is 11.4. The lowest BCUT2D eigenvalue weighted by Crippen LogP contribution is -2.21. The van der Waals surface area contributed by atoms with Gasteiger partial charge in [-0.15, -0.1) is 10.2 Å². The summed E-state index contributed by atoms with van der Waals surface area (Å²) in [4.78, 5) is 11.4. The second kappa shape index (κ2) is 3.96. The van der Waals surface area contributed by atoms with Crippen LogP contribution in [0.2, 0.25) is 10.3 Å². The third-order valence-electron chi connectivity index (χ3n) is 1.60. The molecule has 0 spiro atoms. The minimum absolute atomic E-state index is 0.200. The van der Waals surface area contributed by atoms with Crippen LogP contribution < -0.4 is 5.56 Å². The molecule has 76 valence electrons. The quantitative estimate of drug-likeness (QED) is 0.757. The van der Waals surface area contributed by atoms with E-state index in [4.69, 9.17) is 23.2 Å². The first-order chi connectivity index (χ1) is 7.16. The number of nitrogens with zero attached hydrogens (tertiary/aromatic N) is 4. The van der Waals surface area contributed by atoms with Gasteiger partial charge in [-0.3, -0.25) is 4.79 Å². The lowest BCUT2D eigenvalue weighted by Gasteiger charge is -2.01. The fraction of sp³-hybridized carbons (Fsp3) is 0. The largest absolute Gasteiger partial charge is 0.273 e. The molecule has 0 amide bonds. The molecule has 2 aromatic heterocycles. The third kappa shape index (κ3) is 2.14. The van der Waals surface area contributed by atoms with Gasteiger partial charge in [0.15, 0.2) is 11.0 Å². The van der Waals surface area contributed by atoms with Crippen molar-refractivity contribution < 1.29 is 0 Å². The van der Waals surface area contributed by atoms with Gasteiger partial charge < -0.3 is 0 Å². The summed E-state index contributed by atoms with van der Waals surface area (Å²) in [7, 11) is 0. The summed E-state index contributed by atoms with van der Waals surface area (Å²) < 4.78 is 1.05. The molecule has 0 aliphatic carbocycles. The molecule has 0 fully saturated rings. The Morgan fingerprint density at radius 2 is 1.73 bits per heavy atom. The van der Waals surface area contributed by atoms with Crippen LogP contribution in [0.25, 0.3) is 5.82 Å². The predicted octanol–water partition coefficient (Wildman–Crippen LogP) is 1.33. The number of hydrogen-bond acceptors (Lipinski definition) is 4. The van der Waals surface area contributed by atoms with Crippen molar-refractivity contribution in [1.29, 1.82) is 0 Å². The maximum Gasteiger partial charge on any atom is 0.273 e. The molecule has 0 aromatic carbocycles. The van der Waals surface area contributed by atoms with E-state index in [1.807, 2.05) is 0 Å². The molecule has 0 saturated heterocycles. The van der Waals surface area contributed by atoms with Crippen LogP contribution in [0.5, 0.6) is 0 Å². The van der Waals surface area contributed by atoms with Gasteiger partial charge in [0.05, 0.1) is 0 Å². The molecule has 5 nitrogen and oxygen atoms in total. The van der Waals surface area contributed by atoms with E-state index in [2.05, 4.69) is 15.3 Å². The van der Waals surface area contributed by atoms with E-state index in [0.29, 0.717) is 0 Å². The molecule has 0 unspecified atom stereocenters. The summed E-state index contributed by atoms with van der Waals surface area (Å²) >= 11 is 11.2. The Hall–Kier alpha value is -1.46. The average Bonchev–Trinajstić information content (AvgIpc) is 2.23. The Kier molecular flexibility index (Phi) is 2.66. The summed E-state index contributed by atoms with van der Waals surface area (Å²) in [6, 6.07) is 5.74. The zero-order valence-electron chi connectivity index (χ0n) is 7.26. The fourth-order valence-electron chi connectivity index (χ4n) is 0.975. The van der Waals surface area contributed by atoms with Crippen molar-refractivity contribution in [3.05, 3.63) is 44.9 Å². The normalized spacial score (nSPS) is 10.3. The van der Waals surface area contributed by atoms with Crippen LogP contribution in [-0.2, 0) is 0 Å². The Morgan fingerprint density at radius 1 is 1.00 bits per heavy atom. The van der Waals surface area contributed by atoms with Gasteiger partial charge in [-0.1, -0.05) is 23.2 Å². The van der Waals surface area contributed by atoms with Crippen molar-refractivity contribution in [2.24, 2.45) is 0 Å². The molecular formula is C8H4Cl2N4O. The van der Waals surface area contributed by atoms with Gasteiger partial charge in [0.25, 0.3) is 5.56 Å². The highest BCUT2D eigenvalue weighted by Crippen LogP contribution is 2.05. The third-order valence-corrected chi connectivity index (χ3v) is 2.01. The molecule has 0 bridgehead atoms. The van der Waals surface area contributed by atoms with Gasteiger partial charge in [-0.2, -0.15) is 9.78 Å². The lowest BCUT2D eigenvalue weighted by atomic mass is 10.5. The first kappa shape index (κ1) is 10.1. The van der Waals surface area contributed by atoms with E-state index >= 15 is 0 Å². The summed E-state index contributed by atoms with van der Waals surface area (Å²) in [5.41, 5.74) is -0.337. The van der Waals surface area contributed by atoms with Crippen LogP contribution in [-0.4, -0.2) is 20.0 Å². The molecule has 0 N–H and O–H groups in total. The van der Waals surface area contributed by atoms with E-state index in [0.717, 1.165) is 4.68 Å². The van der Waals surface area contributed by atoms with Crippen LogP contribution in [0.4, 0.5) is 0 Å². The predicted molar refractivity (Wildman–Crippen MR) is 55.4 cm³/mol. The van der Waals surface area contributed by atoms with Crippen LogP contribution in [0.15, 0.2) is 29.1 Å². The molecule has 0 saturated carbocycles. The highest BCUT2D eigenvalue weighted by molar-refractivity contribution is 6.29. The van der Waals surface area contributed by atoms with E-state index in [9.17, 15) is 4.79 Å². The minimum Gasteiger partial charge on any atom is -0.267 e. The summed E-state index contributed by atoms with van der Waals surface area (Å²) in [5.74, 6) is 0.270. The lowest BCUT2D eigenvalue weighted by molar-refractivity contribution is 0.761. The first-order valence-electron chi connectivity index (χ1n) is 3.92. The molecule has 0 aliphatic rings.